The summed E-state index contributed by atoms with van der Waals surface area (Å²) in [7, 11) is 15.3. The van der Waals surface area contributed by atoms with Crippen molar-refractivity contribution in [1.82, 2.24) is 32.7 Å². The van der Waals surface area contributed by atoms with Crippen molar-refractivity contribution in [3.8, 4) is 0 Å². The fourth-order valence-electron chi connectivity index (χ4n) is 5.68. The van der Waals surface area contributed by atoms with Crippen LogP contribution in [0.15, 0.2) is 72.7 Å². The van der Waals surface area contributed by atoms with Gasteiger partial charge in [-0.2, -0.15) is 0 Å². The first kappa shape index (κ1) is 48.6. The summed E-state index contributed by atoms with van der Waals surface area (Å²) < 4.78 is 51.5. The van der Waals surface area contributed by atoms with Crippen LogP contribution in [0.3, 0.4) is 0 Å². The molecule has 0 bridgehead atoms. The number of nitrogens with zero attached hydrogens (tertiary/aromatic N) is 11. The Morgan fingerprint density at radius 2 is 0.849 bits per heavy atom. The molecule has 0 radical (unpaired) electrons. The van der Waals surface area contributed by atoms with E-state index in [0.717, 1.165) is 5.56 Å². The Morgan fingerprint density at radius 3 is 1.21 bits per heavy atom. The van der Waals surface area contributed by atoms with Crippen LogP contribution in [0.5, 0.6) is 0 Å². The summed E-state index contributed by atoms with van der Waals surface area (Å²) in [6.07, 6.45) is 0. The Labute approximate surface area is 325 Å². The van der Waals surface area contributed by atoms with Crippen LogP contribution in [0.1, 0.15) is 16.7 Å². The molecular formula is C35H74N11O2P5. The van der Waals surface area contributed by atoms with Gasteiger partial charge in [0.1, 0.15) is 0 Å². The second-order valence-electron chi connectivity index (χ2n) is 15.5. The van der Waals surface area contributed by atoms with E-state index < -0.39 is 37.1 Å². The van der Waals surface area contributed by atoms with Gasteiger partial charge in [-0.05, 0) is 5.56 Å². The molecule has 0 unspecified atom stereocenters. The van der Waals surface area contributed by atoms with E-state index in [1.165, 1.54) is 11.1 Å². The van der Waals surface area contributed by atoms with E-state index in [0.29, 0.717) is 33.0 Å². The van der Waals surface area contributed by atoms with Crippen LogP contribution in [0.4, 0.5) is 0 Å². The monoisotopic (exact) mass is 835 g/mol. The molecule has 13 nitrogen and oxygen atoms in total. The van der Waals surface area contributed by atoms with Gasteiger partial charge in [0, 0.05) is 0 Å². The third-order valence-corrected chi connectivity index (χ3v) is 29.2. The number of hydrogen-bond donors (Lipinski definition) is 0. The van der Waals surface area contributed by atoms with Crippen molar-refractivity contribution in [3.05, 3.63) is 71.3 Å². The van der Waals surface area contributed by atoms with Crippen molar-refractivity contribution in [2.45, 2.75) is 19.8 Å². The fourth-order valence-corrected chi connectivity index (χ4v) is 26.2. The van der Waals surface area contributed by atoms with Crippen LogP contribution in [-0.4, -0.2) is 171 Å². The minimum atomic E-state index is -3.57. The summed E-state index contributed by atoms with van der Waals surface area (Å²) in [6, 6.07) is 18.9. The summed E-state index contributed by atoms with van der Waals surface area (Å²) in [5, 5.41) is 0. The molecule has 0 amide bonds. The van der Waals surface area contributed by atoms with Crippen LogP contribution in [0.2, 0.25) is 0 Å². The Balaban J connectivity index is 2.69. The molecule has 0 aliphatic heterocycles. The summed E-state index contributed by atoms with van der Waals surface area (Å²) in [5.74, 6) is 0. The zero-order chi connectivity index (χ0) is 40.4. The molecule has 0 fully saturated rings. The van der Waals surface area contributed by atoms with Gasteiger partial charge in [0.2, 0.25) is 0 Å². The number of hydrogen-bond acceptors (Lipinski definition) is 6. The van der Waals surface area contributed by atoms with Crippen LogP contribution < -0.4 is 0 Å². The molecule has 0 saturated carbocycles. The molecule has 2 aromatic carbocycles. The summed E-state index contributed by atoms with van der Waals surface area (Å²) in [6.45, 7) is 14.2. The summed E-state index contributed by atoms with van der Waals surface area (Å²) in [4.78, 5) is 0. The maximum atomic E-state index is 6.09. The van der Waals surface area contributed by atoms with Crippen molar-refractivity contribution >= 4 is 37.1 Å². The van der Waals surface area contributed by atoms with Gasteiger partial charge in [0.25, 0.3) is 0 Å². The van der Waals surface area contributed by atoms with Crippen molar-refractivity contribution in [3.63, 3.8) is 0 Å². The van der Waals surface area contributed by atoms with Crippen molar-refractivity contribution in [1.29, 1.82) is 0 Å². The molecule has 0 heterocycles. The molecule has 306 valence electrons. The van der Waals surface area contributed by atoms with E-state index in [4.69, 9.17) is 27.5 Å². The molecular weight excluding hydrogens is 761 g/mol. The molecule has 2 rings (SSSR count). The molecule has 0 aliphatic rings. The Morgan fingerprint density at radius 1 is 0.472 bits per heavy atom. The van der Waals surface area contributed by atoms with E-state index in [1.54, 1.807) is 0 Å². The molecule has 53 heavy (non-hydrogen) atoms. The van der Waals surface area contributed by atoms with Gasteiger partial charge in [0.05, 0.1) is 6.61 Å². The van der Waals surface area contributed by atoms with E-state index in [9.17, 15) is 0 Å². The maximum absolute atomic E-state index is 6.09. The standard InChI is InChI=1S/C35H74N11O2P5/c1-40(2)50(17,41(3)4)37-52(36-49(14,15)16,38-51(18,42(5)6)43(7)8)39-53(44(9)10,45(11)12)46(13)30-33-24-26-35(27-25-33)32-48-29-28-47-31-34-22-20-19-21-23-34/h19-27,52H,28-32H2,1-18H3. The average molecular weight is 836 g/mol. The fraction of sp³-hybridized carbons (Fsp3) is 0.657. The van der Waals surface area contributed by atoms with Gasteiger partial charge in [-0.15, -0.1) is 0 Å². The summed E-state index contributed by atoms with van der Waals surface area (Å²) >= 11 is 0. The number of benzene rings is 2. The molecule has 0 aliphatic carbocycles. The van der Waals surface area contributed by atoms with Crippen LogP contribution in [0.25, 0.3) is 0 Å². The first-order valence-electron chi connectivity index (χ1n) is 17.9. The third kappa shape index (κ3) is 13.5. The van der Waals surface area contributed by atoms with E-state index in [2.05, 4.69) is 194 Å². The Bertz CT molecular complexity index is 1580. The van der Waals surface area contributed by atoms with Crippen LogP contribution in [-0.2, 0) is 29.2 Å². The molecule has 0 spiro atoms. The van der Waals surface area contributed by atoms with Crippen molar-refractivity contribution < 1.29 is 9.47 Å². The summed E-state index contributed by atoms with van der Waals surface area (Å²) in [5.41, 5.74) is 3.50. The van der Waals surface area contributed by atoms with Gasteiger partial charge < -0.3 is 4.74 Å². The quantitative estimate of drug-likeness (QED) is 0.0958. The molecule has 0 saturated heterocycles. The van der Waals surface area contributed by atoms with E-state index in [1.807, 2.05) is 18.2 Å². The zero-order valence-electron chi connectivity index (χ0n) is 36.3. The second kappa shape index (κ2) is 20.7. The van der Waals surface area contributed by atoms with Gasteiger partial charge in [0.15, 0.2) is 0 Å². The minimum absolute atomic E-state index is 0.542. The van der Waals surface area contributed by atoms with Gasteiger partial charge in [-0.1, -0.05) is 30.3 Å². The molecule has 0 aromatic heterocycles. The van der Waals surface area contributed by atoms with Crippen molar-refractivity contribution in [2.75, 3.05) is 138 Å². The van der Waals surface area contributed by atoms with Gasteiger partial charge in [-0.25, -0.2) is 0 Å². The SMILES string of the molecule is CN(C)P(C)(=N[PH](N=P(C)(C)C)(N=P(C)(N(C)C)N(C)C)N=P(N(C)C)(N(C)C)N(C)Cc1ccc(COCCOCc2ccccc2)cc1)N(C)C. The van der Waals surface area contributed by atoms with E-state index in [-0.39, 0.29) is 0 Å². The third-order valence-electron chi connectivity index (χ3n) is 9.10. The molecule has 18 heteroatoms. The normalized spacial score (nSPS) is 14.0. The zero-order valence-corrected chi connectivity index (χ0v) is 40.8. The topological polar surface area (TPSA) is 90.6 Å². The van der Waals surface area contributed by atoms with Crippen LogP contribution in [0, 0.1) is 0 Å². The van der Waals surface area contributed by atoms with Crippen LogP contribution >= 0.6 is 37.1 Å². The number of ether oxygens (including phenoxy) is 2. The van der Waals surface area contributed by atoms with Crippen molar-refractivity contribution in [2.24, 2.45) is 18.1 Å². The second-order valence-corrected chi connectivity index (χ2v) is 33.8. The number of rotatable bonds is 20. The predicted octanol–water partition coefficient (Wildman–Crippen LogP) is 8.99. The van der Waals surface area contributed by atoms with Gasteiger partial charge in [-0.3, -0.25) is 0 Å². The Kier molecular flexibility index (Phi) is 19.0. The molecule has 0 N–H and O–H groups in total. The molecule has 2 aromatic rings. The first-order valence-corrected chi connectivity index (χ1v) is 28.6. The first-order chi connectivity index (χ1) is 24.4. The predicted molar refractivity (Wildman–Crippen MR) is 241 cm³/mol. The van der Waals surface area contributed by atoms with E-state index >= 15 is 0 Å². The van der Waals surface area contributed by atoms with Gasteiger partial charge >= 0.3 is 279 Å². The average Bonchev–Trinajstić information content (AvgIpc) is 3.04. The molecule has 0 atom stereocenters. The Hall–Kier alpha value is -0.570.